The van der Waals surface area contributed by atoms with Gasteiger partial charge in [0, 0.05) is 33.3 Å². The first-order valence-corrected chi connectivity index (χ1v) is 8.91. The molecule has 0 fully saturated rings. The van der Waals surface area contributed by atoms with Crippen molar-refractivity contribution in [2.24, 2.45) is 5.73 Å². The van der Waals surface area contributed by atoms with Gasteiger partial charge in [0.25, 0.3) is 0 Å². The summed E-state index contributed by atoms with van der Waals surface area (Å²) in [5.41, 5.74) is 8.61. The first kappa shape index (κ1) is 14.1. The van der Waals surface area contributed by atoms with Crippen molar-refractivity contribution in [2.45, 2.75) is 28.7 Å². The van der Waals surface area contributed by atoms with E-state index in [4.69, 9.17) is 5.73 Å². The summed E-state index contributed by atoms with van der Waals surface area (Å²) in [6.07, 6.45) is 0. The predicted molar refractivity (Wildman–Crippen MR) is 89.7 cm³/mol. The van der Waals surface area contributed by atoms with E-state index in [2.05, 4.69) is 48.5 Å². The standard InChI is InChI=1S/C17H19NS2/c1-12(18)13-6-8-15(9-7-13)19-10-14-11-20-17-5-3-2-4-16(14)17/h2-9,12,14H,10-11,18H2,1H3. The van der Waals surface area contributed by atoms with Crippen LogP contribution >= 0.6 is 23.5 Å². The van der Waals surface area contributed by atoms with E-state index in [9.17, 15) is 0 Å². The molecule has 0 bridgehead atoms. The summed E-state index contributed by atoms with van der Waals surface area (Å²) in [5.74, 6) is 3.04. The lowest BCUT2D eigenvalue weighted by atomic mass is 10.0. The van der Waals surface area contributed by atoms with E-state index in [-0.39, 0.29) is 6.04 Å². The van der Waals surface area contributed by atoms with Crippen LogP contribution in [0.5, 0.6) is 0 Å². The molecule has 0 radical (unpaired) electrons. The second-order valence-electron chi connectivity index (χ2n) is 5.21. The summed E-state index contributed by atoms with van der Waals surface area (Å²) in [5, 5.41) is 0. The zero-order valence-electron chi connectivity index (χ0n) is 11.6. The molecule has 0 aliphatic carbocycles. The van der Waals surface area contributed by atoms with Crippen molar-refractivity contribution in [1.29, 1.82) is 0 Å². The Hall–Kier alpha value is -0.900. The first-order chi connectivity index (χ1) is 9.74. The molecule has 0 saturated heterocycles. The van der Waals surface area contributed by atoms with Crippen LogP contribution in [-0.2, 0) is 0 Å². The number of hydrogen-bond acceptors (Lipinski definition) is 3. The lowest BCUT2D eigenvalue weighted by Gasteiger charge is -2.11. The van der Waals surface area contributed by atoms with Crippen molar-refractivity contribution < 1.29 is 0 Å². The smallest absolute Gasteiger partial charge is 0.0266 e. The van der Waals surface area contributed by atoms with Crippen LogP contribution in [0, 0.1) is 0 Å². The molecule has 2 atom stereocenters. The molecule has 1 heterocycles. The monoisotopic (exact) mass is 301 g/mol. The number of benzene rings is 2. The third-order valence-electron chi connectivity index (χ3n) is 3.66. The van der Waals surface area contributed by atoms with Crippen LogP contribution in [0.1, 0.15) is 30.0 Å². The van der Waals surface area contributed by atoms with E-state index in [0.29, 0.717) is 5.92 Å². The molecular formula is C17H19NS2. The maximum Gasteiger partial charge on any atom is 0.0266 e. The van der Waals surface area contributed by atoms with E-state index in [1.54, 1.807) is 0 Å². The van der Waals surface area contributed by atoms with E-state index in [1.165, 1.54) is 26.7 Å². The third kappa shape index (κ3) is 3.05. The molecule has 1 aliphatic rings. The molecule has 104 valence electrons. The molecule has 1 aliphatic heterocycles. The zero-order valence-corrected chi connectivity index (χ0v) is 13.2. The molecule has 2 unspecified atom stereocenters. The Balaban J connectivity index is 1.63. The van der Waals surface area contributed by atoms with Gasteiger partial charge >= 0.3 is 0 Å². The molecule has 3 rings (SSSR count). The average molecular weight is 301 g/mol. The molecule has 1 nitrogen and oxygen atoms in total. The van der Waals surface area contributed by atoms with Crippen molar-refractivity contribution >= 4 is 23.5 Å². The Morgan fingerprint density at radius 1 is 1.20 bits per heavy atom. The summed E-state index contributed by atoms with van der Waals surface area (Å²) in [7, 11) is 0. The summed E-state index contributed by atoms with van der Waals surface area (Å²) >= 11 is 3.94. The van der Waals surface area contributed by atoms with Gasteiger partial charge in [0.2, 0.25) is 0 Å². The van der Waals surface area contributed by atoms with Crippen molar-refractivity contribution in [3.05, 3.63) is 59.7 Å². The maximum atomic E-state index is 5.88. The number of nitrogens with two attached hydrogens (primary N) is 1. The van der Waals surface area contributed by atoms with E-state index in [0.717, 1.165) is 5.75 Å². The highest BCUT2D eigenvalue weighted by Gasteiger charge is 2.22. The molecule has 0 aromatic heterocycles. The minimum Gasteiger partial charge on any atom is -0.324 e. The number of hydrogen-bond donors (Lipinski definition) is 1. The Bertz CT molecular complexity index is 578. The zero-order chi connectivity index (χ0) is 13.9. The lowest BCUT2D eigenvalue weighted by molar-refractivity contribution is 0.817. The highest BCUT2D eigenvalue weighted by molar-refractivity contribution is 8.00. The Morgan fingerprint density at radius 2 is 1.95 bits per heavy atom. The van der Waals surface area contributed by atoms with Gasteiger partial charge < -0.3 is 5.73 Å². The van der Waals surface area contributed by atoms with Crippen molar-refractivity contribution in [2.75, 3.05) is 11.5 Å². The van der Waals surface area contributed by atoms with Crippen LogP contribution in [0.3, 0.4) is 0 Å². The fourth-order valence-corrected chi connectivity index (χ4v) is 4.85. The first-order valence-electron chi connectivity index (χ1n) is 6.94. The molecule has 2 N–H and O–H groups in total. The molecule has 0 saturated carbocycles. The van der Waals surface area contributed by atoms with Crippen LogP contribution < -0.4 is 5.73 Å². The summed E-state index contributed by atoms with van der Waals surface area (Å²) in [6, 6.07) is 17.6. The highest BCUT2D eigenvalue weighted by atomic mass is 32.2. The lowest BCUT2D eigenvalue weighted by Crippen LogP contribution is -2.04. The van der Waals surface area contributed by atoms with Gasteiger partial charge in [-0.05, 0) is 36.2 Å². The topological polar surface area (TPSA) is 26.0 Å². The second-order valence-corrected chi connectivity index (χ2v) is 7.37. The fraction of sp³-hybridized carbons (Fsp3) is 0.294. The van der Waals surface area contributed by atoms with Gasteiger partial charge in [0.1, 0.15) is 0 Å². The molecule has 3 heteroatoms. The average Bonchev–Trinajstić information content (AvgIpc) is 2.89. The van der Waals surface area contributed by atoms with Crippen LogP contribution in [0.2, 0.25) is 0 Å². The van der Waals surface area contributed by atoms with Crippen molar-refractivity contribution in [1.82, 2.24) is 0 Å². The van der Waals surface area contributed by atoms with Gasteiger partial charge in [-0.3, -0.25) is 0 Å². The van der Waals surface area contributed by atoms with E-state index in [1.807, 2.05) is 30.4 Å². The molecule has 0 spiro atoms. The highest BCUT2D eigenvalue weighted by Crippen LogP contribution is 2.41. The Morgan fingerprint density at radius 3 is 2.70 bits per heavy atom. The number of rotatable bonds is 4. The molecule has 2 aromatic carbocycles. The van der Waals surface area contributed by atoms with Crippen LogP contribution in [0.4, 0.5) is 0 Å². The third-order valence-corrected chi connectivity index (χ3v) is 6.08. The van der Waals surface area contributed by atoms with Gasteiger partial charge in [-0.2, -0.15) is 0 Å². The maximum absolute atomic E-state index is 5.88. The summed E-state index contributed by atoms with van der Waals surface area (Å²) in [4.78, 5) is 2.80. The van der Waals surface area contributed by atoms with Crippen molar-refractivity contribution in [3.63, 3.8) is 0 Å². The second kappa shape index (κ2) is 6.25. The van der Waals surface area contributed by atoms with Gasteiger partial charge in [-0.1, -0.05) is 30.3 Å². The van der Waals surface area contributed by atoms with Gasteiger partial charge in [-0.15, -0.1) is 23.5 Å². The summed E-state index contributed by atoms with van der Waals surface area (Å²) < 4.78 is 0. The minimum absolute atomic E-state index is 0.118. The normalized spacial score (nSPS) is 18.8. The van der Waals surface area contributed by atoms with Gasteiger partial charge in [-0.25, -0.2) is 0 Å². The SMILES string of the molecule is CC(N)c1ccc(SCC2CSc3ccccc32)cc1. The number of thioether (sulfide) groups is 2. The van der Waals surface area contributed by atoms with Crippen LogP contribution in [0.15, 0.2) is 58.3 Å². The van der Waals surface area contributed by atoms with E-state index >= 15 is 0 Å². The molecule has 20 heavy (non-hydrogen) atoms. The van der Waals surface area contributed by atoms with Crippen LogP contribution in [-0.4, -0.2) is 11.5 Å². The van der Waals surface area contributed by atoms with Gasteiger partial charge in [0.15, 0.2) is 0 Å². The molecule has 0 amide bonds. The number of fused-ring (bicyclic) bond motifs is 1. The summed E-state index contributed by atoms with van der Waals surface area (Å²) in [6.45, 7) is 2.02. The van der Waals surface area contributed by atoms with Gasteiger partial charge in [0.05, 0.1) is 0 Å². The quantitative estimate of drug-likeness (QED) is 0.830. The minimum atomic E-state index is 0.118. The van der Waals surface area contributed by atoms with Crippen molar-refractivity contribution in [3.8, 4) is 0 Å². The molecular weight excluding hydrogens is 282 g/mol. The Kier molecular flexibility index (Phi) is 4.39. The predicted octanol–water partition coefficient (Wildman–Crippen LogP) is 4.69. The molecule has 2 aromatic rings. The fourth-order valence-electron chi connectivity index (χ4n) is 2.43. The van der Waals surface area contributed by atoms with E-state index < -0.39 is 0 Å². The Labute approximate surface area is 129 Å². The largest absolute Gasteiger partial charge is 0.324 e. The van der Waals surface area contributed by atoms with Crippen LogP contribution in [0.25, 0.3) is 0 Å².